The number of anilines is 1. The molecule has 0 saturated carbocycles. The molecule has 0 saturated heterocycles. The molecule has 2 rings (SSSR count). The maximum atomic E-state index is 11.9. The highest BCUT2D eigenvalue weighted by molar-refractivity contribution is 6.04. The molecular weight excluding hydrogens is 232 g/mol. The highest BCUT2D eigenvalue weighted by atomic mass is 16.3. The fourth-order valence-corrected chi connectivity index (χ4v) is 1.53. The Morgan fingerprint density at radius 3 is 2.44 bits per heavy atom. The van der Waals surface area contributed by atoms with Gasteiger partial charge < -0.3 is 15.5 Å². The quantitative estimate of drug-likeness (QED) is 0.755. The molecule has 0 aliphatic rings. The minimum absolute atomic E-state index is 0.163. The van der Waals surface area contributed by atoms with Crippen LogP contribution in [0.4, 0.5) is 5.82 Å². The van der Waals surface area contributed by atoms with E-state index >= 15 is 0 Å². The van der Waals surface area contributed by atoms with Crippen LogP contribution in [0.3, 0.4) is 0 Å². The van der Waals surface area contributed by atoms with Crippen LogP contribution in [0.1, 0.15) is 16.1 Å². The predicted octanol–water partition coefficient (Wildman–Crippen LogP) is 2.05. The van der Waals surface area contributed by atoms with E-state index in [9.17, 15) is 15.0 Å². The van der Waals surface area contributed by atoms with E-state index in [0.29, 0.717) is 5.82 Å². The Bertz CT molecular complexity index is 576. The van der Waals surface area contributed by atoms with Crippen molar-refractivity contribution in [1.82, 2.24) is 4.98 Å². The molecule has 0 radical (unpaired) electrons. The zero-order chi connectivity index (χ0) is 13.1. The second kappa shape index (κ2) is 4.75. The number of hydrogen-bond donors (Lipinski definition) is 3. The first kappa shape index (κ1) is 11.9. The first-order chi connectivity index (χ1) is 8.54. The van der Waals surface area contributed by atoms with Crippen LogP contribution in [0, 0.1) is 6.92 Å². The lowest BCUT2D eigenvalue weighted by atomic mass is 10.2. The minimum Gasteiger partial charge on any atom is -0.508 e. The van der Waals surface area contributed by atoms with Gasteiger partial charge in [0, 0.05) is 17.3 Å². The number of benzene rings is 1. The fraction of sp³-hybridized carbons (Fsp3) is 0.0769. The Kier molecular flexibility index (Phi) is 3.14. The molecule has 0 aliphatic heterocycles. The van der Waals surface area contributed by atoms with Gasteiger partial charge in [-0.3, -0.25) is 4.79 Å². The van der Waals surface area contributed by atoms with Crippen LogP contribution >= 0.6 is 0 Å². The van der Waals surface area contributed by atoms with E-state index in [1.54, 1.807) is 12.1 Å². The second-order valence-electron chi connectivity index (χ2n) is 3.86. The number of phenolic OH excluding ortho intramolecular Hbond substituents is 2. The van der Waals surface area contributed by atoms with Crippen LogP contribution in [0.2, 0.25) is 0 Å². The molecule has 0 bridgehead atoms. The van der Waals surface area contributed by atoms with Gasteiger partial charge in [0.05, 0.1) is 0 Å². The van der Waals surface area contributed by atoms with Gasteiger partial charge in [0.15, 0.2) is 0 Å². The van der Waals surface area contributed by atoms with E-state index in [-0.39, 0.29) is 17.1 Å². The minimum atomic E-state index is -0.445. The zero-order valence-electron chi connectivity index (χ0n) is 9.71. The summed E-state index contributed by atoms with van der Waals surface area (Å²) < 4.78 is 0. The lowest BCUT2D eigenvalue weighted by Gasteiger charge is -2.06. The van der Waals surface area contributed by atoms with Gasteiger partial charge in [-0.15, -0.1) is 0 Å². The number of carbonyl (C=O) groups is 1. The molecule has 1 amide bonds. The number of aromatic nitrogens is 1. The standard InChI is InChI=1S/C13H12N2O3/c1-8-3-2-4-12(14-8)15-13(18)9-5-10(16)7-11(17)6-9/h2-7,16-17H,1H3,(H,14,15,18). The van der Waals surface area contributed by atoms with Crippen LogP contribution in [-0.2, 0) is 0 Å². The number of phenols is 2. The summed E-state index contributed by atoms with van der Waals surface area (Å²) in [6, 6.07) is 8.94. The van der Waals surface area contributed by atoms with Gasteiger partial charge in [-0.2, -0.15) is 0 Å². The number of aromatic hydroxyl groups is 2. The molecule has 0 spiro atoms. The molecule has 1 heterocycles. The lowest BCUT2D eigenvalue weighted by Crippen LogP contribution is -2.13. The van der Waals surface area contributed by atoms with Crippen molar-refractivity contribution in [3.63, 3.8) is 0 Å². The first-order valence-corrected chi connectivity index (χ1v) is 5.32. The van der Waals surface area contributed by atoms with E-state index in [0.717, 1.165) is 11.8 Å². The average Bonchev–Trinajstić information content (AvgIpc) is 2.27. The summed E-state index contributed by atoms with van der Waals surface area (Å²) in [5, 5.41) is 21.2. The van der Waals surface area contributed by atoms with E-state index in [1.165, 1.54) is 12.1 Å². The first-order valence-electron chi connectivity index (χ1n) is 5.32. The smallest absolute Gasteiger partial charge is 0.257 e. The molecule has 0 unspecified atom stereocenters. The molecule has 5 nitrogen and oxygen atoms in total. The Morgan fingerprint density at radius 1 is 1.17 bits per heavy atom. The van der Waals surface area contributed by atoms with E-state index in [2.05, 4.69) is 10.3 Å². The topological polar surface area (TPSA) is 82.5 Å². The predicted molar refractivity (Wildman–Crippen MR) is 66.7 cm³/mol. The van der Waals surface area contributed by atoms with Crippen molar-refractivity contribution < 1.29 is 15.0 Å². The summed E-state index contributed by atoms with van der Waals surface area (Å²) in [7, 11) is 0. The van der Waals surface area contributed by atoms with E-state index < -0.39 is 5.91 Å². The van der Waals surface area contributed by atoms with Crippen molar-refractivity contribution in [2.45, 2.75) is 6.92 Å². The molecule has 3 N–H and O–H groups in total. The highest BCUT2D eigenvalue weighted by Gasteiger charge is 2.09. The number of rotatable bonds is 2. The van der Waals surface area contributed by atoms with Gasteiger partial charge in [0.25, 0.3) is 5.91 Å². The maximum absolute atomic E-state index is 11.9. The maximum Gasteiger partial charge on any atom is 0.257 e. The normalized spacial score (nSPS) is 10.1. The largest absolute Gasteiger partial charge is 0.508 e. The van der Waals surface area contributed by atoms with Crippen LogP contribution in [0.25, 0.3) is 0 Å². The number of carbonyl (C=O) groups excluding carboxylic acids is 1. The molecular formula is C13H12N2O3. The SMILES string of the molecule is Cc1cccc(NC(=O)c2cc(O)cc(O)c2)n1. The van der Waals surface area contributed by atoms with Gasteiger partial charge in [-0.1, -0.05) is 6.07 Å². The Morgan fingerprint density at radius 2 is 1.83 bits per heavy atom. The molecule has 5 heteroatoms. The summed E-state index contributed by atoms with van der Waals surface area (Å²) in [5.74, 6) is -0.364. The third kappa shape index (κ3) is 2.76. The van der Waals surface area contributed by atoms with Gasteiger partial charge in [0.2, 0.25) is 0 Å². The molecule has 1 aromatic heterocycles. The summed E-state index contributed by atoms with van der Waals surface area (Å²) >= 11 is 0. The monoisotopic (exact) mass is 244 g/mol. The number of amides is 1. The van der Waals surface area contributed by atoms with Gasteiger partial charge >= 0.3 is 0 Å². The summed E-state index contributed by atoms with van der Waals surface area (Å²) in [5.41, 5.74) is 0.947. The summed E-state index contributed by atoms with van der Waals surface area (Å²) in [4.78, 5) is 16.0. The molecule has 0 fully saturated rings. The highest BCUT2D eigenvalue weighted by Crippen LogP contribution is 2.21. The number of pyridine rings is 1. The van der Waals surface area contributed by atoms with E-state index in [1.807, 2.05) is 13.0 Å². The Labute approximate surface area is 104 Å². The van der Waals surface area contributed by atoms with Crippen molar-refractivity contribution >= 4 is 11.7 Å². The van der Waals surface area contributed by atoms with Crippen LogP contribution in [0.15, 0.2) is 36.4 Å². The van der Waals surface area contributed by atoms with E-state index in [4.69, 9.17) is 0 Å². The third-order valence-electron chi connectivity index (χ3n) is 2.29. The van der Waals surface area contributed by atoms with Crippen molar-refractivity contribution in [2.24, 2.45) is 0 Å². The van der Waals surface area contributed by atoms with Crippen LogP contribution < -0.4 is 5.32 Å². The number of nitrogens with one attached hydrogen (secondary N) is 1. The number of nitrogens with zero attached hydrogens (tertiary/aromatic N) is 1. The molecule has 0 atom stereocenters. The summed E-state index contributed by atoms with van der Waals surface area (Å²) in [6.07, 6.45) is 0. The van der Waals surface area contributed by atoms with Crippen molar-refractivity contribution in [3.8, 4) is 11.5 Å². The van der Waals surface area contributed by atoms with Gasteiger partial charge in [0.1, 0.15) is 17.3 Å². The third-order valence-corrected chi connectivity index (χ3v) is 2.29. The lowest BCUT2D eigenvalue weighted by molar-refractivity contribution is 0.102. The van der Waals surface area contributed by atoms with Crippen LogP contribution in [0.5, 0.6) is 11.5 Å². The Hall–Kier alpha value is -2.56. The molecule has 1 aromatic carbocycles. The van der Waals surface area contributed by atoms with Crippen molar-refractivity contribution in [3.05, 3.63) is 47.7 Å². The zero-order valence-corrected chi connectivity index (χ0v) is 9.71. The van der Waals surface area contributed by atoms with Crippen molar-refractivity contribution in [1.29, 1.82) is 0 Å². The summed E-state index contributed by atoms with van der Waals surface area (Å²) in [6.45, 7) is 1.82. The second-order valence-corrected chi connectivity index (χ2v) is 3.86. The fourth-order valence-electron chi connectivity index (χ4n) is 1.53. The number of aryl methyl sites for hydroxylation is 1. The molecule has 18 heavy (non-hydrogen) atoms. The van der Waals surface area contributed by atoms with Crippen LogP contribution in [-0.4, -0.2) is 21.1 Å². The van der Waals surface area contributed by atoms with Gasteiger partial charge in [-0.05, 0) is 31.2 Å². The molecule has 2 aromatic rings. The Balaban J connectivity index is 2.22. The van der Waals surface area contributed by atoms with Gasteiger partial charge in [-0.25, -0.2) is 4.98 Å². The molecule has 92 valence electrons. The average molecular weight is 244 g/mol. The molecule has 0 aliphatic carbocycles. The van der Waals surface area contributed by atoms with Crippen molar-refractivity contribution in [2.75, 3.05) is 5.32 Å². The number of hydrogen-bond acceptors (Lipinski definition) is 4.